The monoisotopic (exact) mass is 667 g/mol. The van der Waals surface area contributed by atoms with Crippen LogP contribution in [0.1, 0.15) is 85.0 Å². The van der Waals surface area contributed by atoms with Gasteiger partial charge in [0.25, 0.3) is 0 Å². The van der Waals surface area contributed by atoms with Gasteiger partial charge in [-0.1, -0.05) is 0 Å². The molecule has 3 aromatic rings. The van der Waals surface area contributed by atoms with E-state index in [-0.39, 0.29) is 35.6 Å². The molecular weight excluding hydrogens is 634 g/mol. The van der Waals surface area contributed by atoms with Gasteiger partial charge in [-0.05, 0) is 0 Å². The van der Waals surface area contributed by atoms with Gasteiger partial charge < -0.3 is 24.8 Å². The van der Waals surface area contributed by atoms with Crippen molar-refractivity contribution in [2.45, 2.75) is 62.5 Å². The van der Waals surface area contributed by atoms with E-state index in [0.717, 1.165) is 30.8 Å². The van der Waals surface area contributed by atoms with Crippen molar-refractivity contribution in [2.75, 3.05) is 0 Å². The van der Waals surface area contributed by atoms with Gasteiger partial charge in [0.1, 0.15) is 0 Å². The summed E-state index contributed by atoms with van der Waals surface area (Å²) in [6.45, 7) is 14.1. The summed E-state index contributed by atoms with van der Waals surface area (Å²) >= 11 is 1.12. The predicted molar refractivity (Wildman–Crippen MR) is 138 cm³/mol. The molecule has 179 valence electrons. The summed E-state index contributed by atoms with van der Waals surface area (Å²) in [6.07, 6.45) is 5.71. The first kappa shape index (κ1) is 28.2. The molecule has 3 aromatic carbocycles. The number of halogens is 2. The van der Waals surface area contributed by atoms with E-state index in [0.29, 0.717) is 3.67 Å². The summed E-state index contributed by atoms with van der Waals surface area (Å²) in [5.74, 6) is 0. The van der Waals surface area contributed by atoms with Crippen LogP contribution in [0.2, 0.25) is 0 Å². The number of benzene rings is 3. The van der Waals surface area contributed by atoms with E-state index in [2.05, 4.69) is 114 Å². The van der Waals surface area contributed by atoms with Crippen LogP contribution in [0, 0.1) is 0 Å². The molecule has 3 heteroatoms. The van der Waals surface area contributed by atoms with Crippen molar-refractivity contribution < 1.29 is 49.2 Å². The maximum absolute atomic E-state index is 2.51. The SMILES string of the molecule is CC(C)(C)c1ccc2c(c1)[CH]([Hf+2])c1c-2ccc(C(C)(C)C)c1C1=C(c2ccccc2)C=CC1.[Cl-].[Cl-]. The van der Waals surface area contributed by atoms with E-state index >= 15 is 0 Å². The van der Waals surface area contributed by atoms with Crippen LogP contribution < -0.4 is 24.8 Å². The summed E-state index contributed by atoms with van der Waals surface area (Å²) < 4.78 is 0.528. The van der Waals surface area contributed by atoms with Crippen molar-refractivity contribution in [3.63, 3.8) is 0 Å². The molecule has 0 saturated heterocycles. The van der Waals surface area contributed by atoms with Crippen molar-refractivity contribution in [1.29, 1.82) is 0 Å². The second-order valence-corrected chi connectivity index (χ2v) is 13.6. The van der Waals surface area contributed by atoms with Gasteiger partial charge in [0.05, 0.1) is 0 Å². The molecule has 0 fully saturated rings. The standard InChI is InChI=1S/C32H33.2ClH.Hf/c1-31(2,3)23-15-16-25-22(19-23)20-28-26(25)17-18-29(32(4,5)6)30(28)27-14-10-13-24(27)21-11-8-7-9-12-21;;;/h7-13,15-20H,14H2,1-6H3;2*1H;/q;;;+2/p-2. The largest absolute Gasteiger partial charge is 1.00 e. The molecule has 0 aliphatic heterocycles. The number of allylic oxidation sites excluding steroid dienone is 4. The predicted octanol–water partition coefficient (Wildman–Crippen LogP) is 2.78. The molecule has 0 aromatic heterocycles. The van der Waals surface area contributed by atoms with Gasteiger partial charge in [0.2, 0.25) is 0 Å². The minimum Gasteiger partial charge on any atom is -1.00 e. The number of hydrogen-bond donors (Lipinski definition) is 0. The van der Waals surface area contributed by atoms with E-state index in [1.54, 1.807) is 11.1 Å². The minimum absolute atomic E-state index is 0. The summed E-state index contributed by atoms with van der Waals surface area (Å²) in [6, 6.07) is 23.0. The molecule has 5 rings (SSSR count). The van der Waals surface area contributed by atoms with Gasteiger partial charge in [-0.3, -0.25) is 0 Å². The van der Waals surface area contributed by atoms with Crippen molar-refractivity contribution in [2.24, 2.45) is 0 Å². The molecule has 0 bridgehead atoms. The molecule has 35 heavy (non-hydrogen) atoms. The second-order valence-electron chi connectivity index (χ2n) is 11.5. The van der Waals surface area contributed by atoms with E-state index in [1.807, 2.05) is 0 Å². The second kappa shape index (κ2) is 10.2. The van der Waals surface area contributed by atoms with E-state index < -0.39 is 0 Å². The van der Waals surface area contributed by atoms with Gasteiger partial charge in [0, 0.05) is 0 Å². The Balaban J connectivity index is 0.00000171. The maximum Gasteiger partial charge on any atom is -1.00 e. The Morgan fingerprint density at radius 2 is 1.43 bits per heavy atom. The smallest absolute Gasteiger partial charge is 1.00 e. The first-order valence-electron chi connectivity index (χ1n) is 12.1. The third-order valence-corrected chi connectivity index (χ3v) is 9.33. The Hall–Kier alpha value is -1.41. The molecular formula is C32H33Cl2Hf. The van der Waals surface area contributed by atoms with E-state index in [9.17, 15) is 0 Å². The topological polar surface area (TPSA) is 0 Å². The molecule has 2 aliphatic rings. The number of fused-ring (bicyclic) bond motifs is 3. The number of hydrogen-bond acceptors (Lipinski definition) is 0. The molecule has 0 spiro atoms. The van der Waals surface area contributed by atoms with Gasteiger partial charge in [0.15, 0.2) is 0 Å². The average Bonchev–Trinajstić information content (AvgIpc) is 3.36. The normalized spacial score (nSPS) is 16.5. The third kappa shape index (κ3) is 4.94. The maximum atomic E-state index is 2.51. The van der Waals surface area contributed by atoms with E-state index in [1.165, 1.54) is 44.5 Å². The Labute approximate surface area is 238 Å². The van der Waals surface area contributed by atoms with Crippen LogP contribution in [0.15, 0.2) is 72.8 Å². The fourth-order valence-electron chi connectivity index (χ4n) is 5.40. The minimum atomic E-state index is 0. The molecule has 2 aliphatic carbocycles. The van der Waals surface area contributed by atoms with Crippen molar-refractivity contribution in [1.82, 2.24) is 0 Å². The van der Waals surface area contributed by atoms with Gasteiger partial charge >= 0.3 is 215 Å². The van der Waals surface area contributed by atoms with Crippen LogP contribution in [0.5, 0.6) is 0 Å². The Morgan fingerprint density at radius 1 is 0.771 bits per heavy atom. The summed E-state index contributed by atoms with van der Waals surface area (Å²) in [4.78, 5) is 0. The van der Waals surface area contributed by atoms with Crippen molar-refractivity contribution >= 4 is 11.1 Å². The van der Waals surface area contributed by atoms with Crippen molar-refractivity contribution in [3.05, 3.63) is 106 Å². The zero-order chi connectivity index (χ0) is 23.5. The summed E-state index contributed by atoms with van der Waals surface area (Å²) in [7, 11) is 0. The van der Waals surface area contributed by atoms with E-state index in [4.69, 9.17) is 0 Å². The first-order valence-corrected chi connectivity index (χ1v) is 14.1. The fraction of sp³-hybridized carbons (Fsp3) is 0.312. The molecule has 0 saturated carbocycles. The fourth-order valence-corrected chi connectivity index (χ4v) is 7.34. The van der Waals surface area contributed by atoms with Gasteiger partial charge in [-0.15, -0.1) is 0 Å². The Bertz CT molecular complexity index is 1300. The van der Waals surface area contributed by atoms with Crippen LogP contribution in [0.3, 0.4) is 0 Å². The number of rotatable bonds is 2. The quantitative estimate of drug-likeness (QED) is 0.370. The third-order valence-electron chi connectivity index (χ3n) is 7.18. The molecule has 0 N–H and O–H groups in total. The summed E-state index contributed by atoms with van der Waals surface area (Å²) in [5, 5.41) is 0. The van der Waals surface area contributed by atoms with Gasteiger partial charge in [-0.2, -0.15) is 0 Å². The molecule has 1 atom stereocenters. The van der Waals surface area contributed by atoms with Crippen LogP contribution in [-0.4, -0.2) is 0 Å². The molecule has 0 nitrogen and oxygen atoms in total. The molecule has 1 unspecified atom stereocenters. The Morgan fingerprint density at radius 3 is 2.06 bits per heavy atom. The van der Waals surface area contributed by atoms with Crippen molar-refractivity contribution in [3.8, 4) is 11.1 Å². The molecule has 0 amide bonds. The molecule has 0 heterocycles. The zero-order valence-electron chi connectivity index (χ0n) is 21.5. The average molecular weight is 667 g/mol. The van der Waals surface area contributed by atoms with Crippen LogP contribution in [0.25, 0.3) is 22.3 Å². The summed E-state index contributed by atoms with van der Waals surface area (Å²) in [5.41, 5.74) is 15.0. The van der Waals surface area contributed by atoms with Crippen LogP contribution >= 0.6 is 0 Å². The Kier molecular flexibility index (Phi) is 8.17. The van der Waals surface area contributed by atoms with Crippen LogP contribution in [-0.2, 0) is 35.2 Å². The first-order chi connectivity index (χ1) is 15.6. The zero-order valence-corrected chi connectivity index (χ0v) is 26.6. The molecule has 0 radical (unpaired) electrons. The van der Waals surface area contributed by atoms with Gasteiger partial charge in [-0.25, -0.2) is 0 Å². The van der Waals surface area contributed by atoms with Crippen LogP contribution in [0.4, 0.5) is 0 Å².